The lowest BCUT2D eigenvalue weighted by Crippen LogP contribution is -2.12. The molecule has 38 heavy (non-hydrogen) atoms. The molecule has 0 spiro atoms. The molecule has 8 heteroatoms. The number of carbonyl (C=O) groups excluding carboxylic acids is 1. The zero-order valence-electron chi connectivity index (χ0n) is 20.4. The minimum Gasteiger partial charge on any atom is -0.386 e. The highest BCUT2D eigenvalue weighted by Gasteiger charge is 2.23. The second kappa shape index (κ2) is 8.34. The number of aromatic nitrogens is 4. The summed E-state index contributed by atoms with van der Waals surface area (Å²) in [6.45, 7) is 0.759. The Bertz CT molecular complexity index is 1900. The molecule has 0 unspecified atom stereocenters. The van der Waals surface area contributed by atoms with Crippen molar-refractivity contribution in [3.05, 3.63) is 95.7 Å². The SMILES string of the molecule is CNc1cn2nc(-c3ccc(F)cc3)c(C=O)c2cc1-c1ccc2c(n1)-c1cc3c(F)cccc3n1CC2. The van der Waals surface area contributed by atoms with Crippen LogP contribution in [-0.4, -0.2) is 32.5 Å². The Labute approximate surface area is 216 Å². The Balaban J connectivity index is 1.42. The van der Waals surface area contributed by atoms with Gasteiger partial charge in [0.25, 0.3) is 0 Å². The predicted octanol–water partition coefficient (Wildman–Crippen LogP) is 6.37. The lowest BCUT2D eigenvalue weighted by atomic mass is 10.0. The number of halogens is 2. The van der Waals surface area contributed by atoms with Crippen LogP contribution in [0.3, 0.4) is 0 Å². The molecular formula is C30H21F2N5O. The molecule has 6 aromatic rings. The molecule has 4 aromatic heterocycles. The number of aryl methyl sites for hydroxylation is 2. The summed E-state index contributed by atoms with van der Waals surface area (Å²) in [6, 6.07) is 18.9. The summed E-state index contributed by atoms with van der Waals surface area (Å²) in [4.78, 5) is 17.2. The van der Waals surface area contributed by atoms with Gasteiger partial charge in [0.1, 0.15) is 17.3 Å². The third-order valence-corrected chi connectivity index (χ3v) is 7.31. The molecule has 0 radical (unpaired) electrons. The Kier molecular flexibility index (Phi) is 4.91. The van der Waals surface area contributed by atoms with Crippen molar-refractivity contribution in [3.8, 4) is 33.9 Å². The molecular weight excluding hydrogens is 484 g/mol. The van der Waals surface area contributed by atoms with Crippen LogP contribution in [0.1, 0.15) is 15.9 Å². The first-order valence-corrected chi connectivity index (χ1v) is 12.3. The maximum atomic E-state index is 14.6. The lowest BCUT2D eigenvalue weighted by Gasteiger charge is -2.20. The van der Waals surface area contributed by atoms with Gasteiger partial charge in [-0.25, -0.2) is 18.3 Å². The molecule has 0 fully saturated rings. The van der Waals surface area contributed by atoms with Crippen LogP contribution < -0.4 is 5.32 Å². The minimum atomic E-state index is -0.356. The number of pyridine rings is 2. The van der Waals surface area contributed by atoms with Crippen LogP contribution >= 0.6 is 0 Å². The Morgan fingerprint density at radius 2 is 1.82 bits per heavy atom. The average molecular weight is 506 g/mol. The fourth-order valence-corrected chi connectivity index (χ4v) is 5.44. The second-order valence-corrected chi connectivity index (χ2v) is 9.38. The van der Waals surface area contributed by atoms with Gasteiger partial charge in [0.05, 0.1) is 45.6 Å². The van der Waals surface area contributed by atoms with Gasteiger partial charge in [-0.3, -0.25) is 4.79 Å². The van der Waals surface area contributed by atoms with Crippen LogP contribution in [0.4, 0.5) is 14.5 Å². The summed E-state index contributed by atoms with van der Waals surface area (Å²) in [5.41, 5.74) is 8.12. The number of hydrogen-bond acceptors (Lipinski definition) is 4. The molecule has 0 amide bonds. The molecule has 186 valence electrons. The first-order chi connectivity index (χ1) is 18.6. The number of nitrogens with zero attached hydrogens (tertiary/aromatic N) is 4. The average Bonchev–Trinajstić information content (AvgIpc) is 3.51. The van der Waals surface area contributed by atoms with E-state index in [-0.39, 0.29) is 11.6 Å². The van der Waals surface area contributed by atoms with Gasteiger partial charge in [0, 0.05) is 30.1 Å². The maximum Gasteiger partial charge on any atom is 0.154 e. The normalized spacial score (nSPS) is 12.5. The number of carbonyl (C=O) groups is 1. The summed E-state index contributed by atoms with van der Waals surface area (Å²) >= 11 is 0. The van der Waals surface area contributed by atoms with Gasteiger partial charge in [-0.05, 0) is 66.6 Å². The minimum absolute atomic E-state index is 0.246. The van der Waals surface area contributed by atoms with Gasteiger partial charge >= 0.3 is 0 Å². The van der Waals surface area contributed by atoms with E-state index in [1.807, 2.05) is 37.5 Å². The number of aldehydes is 1. The molecule has 0 bridgehead atoms. The zero-order valence-corrected chi connectivity index (χ0v) is 20.4. The number of rotatable bonds is 4. The van der Waals surface area contributed by atoms with Crippen LogP contribution in [-0.2, 0) is 13.0 Å². The Hall–Kier alpha value is -4.85. The molecule has 2 aromatic carbocycles. The molecule has 7 rings (SSSR count). The lowest BCUT2D eigenvalue weighted by molar-refractivity contribution is 0.112. The van der Waals surface area contributed by atoms with Gasteiger partial charge in [0.2, 0.25) is 0 Å². The zero-order chi connectivity index (χ0) is 26.0. The first-order valence-electron chi connectivity index (χ1n) is 12.3. The van der Waals surface area contributed by atoms with Gasteiger partial charge < -0.3 is 9.88 Å². The summed E-state index contributed by atoms with van der Waals surface area (Å²) in [6.07, 6.45) is 3.39. The van der Waals surface area contributed by atoms with E-state index in [1.165, 1.54) is 18.2 Å². The largest absolute Gasteiger partial charge is 0.386 e. The summed E-state index contributed by atoms with van der Waals surface area (Å²) in [5, 5.41) is 8.42. The molecule has 6 nitrogen and oxygen atoms in total. The smallest absolute Gasteiger partial charge is 0.154 e. The molecule has 0 aliphatic carbocycles. The Morgan fingerprint density at radius 1 is 0.974 bits per heavy atom. The van der Waals surface area contributed by atoms with Crippen LogP contribution in [0.2, 0.25) is 0 Å². The highest BCUT2D eigenvalue weighted by atomic mass is 19.1. The van der Waals surface area contributed by atoms with Crippen molar-refractivity contribution < 1.29 is 13.6 Å². The highest BCUT2D eigenvalue weighted by Crippen LogP contribution is 2.38. The van der Waals surface area contributed by atoms with Crippen molar-refractivity contribution in [2.24, 2.45) is 0 Å². The van der Waals surface area contributed by atoms with Crippen molar-refractivity contribution in [3.63, 3.8) is 0 Å². The van der Waals surface area contributed by atoms with Crippen molar-refractivity contribution in [1.82, 2.24) is 19.2 Å². The van der Waals surface area contributed by atoms with Crippen LogP contribution in [0.5, 0.6) is 0 Å². The van der Waals surface area contributed by atoms with Crippen LogP contribution in [0, 0.1) is 11.6 Å². The second-order valence-electron chi connectivity index (χ2n) is 9.38. The standard InChI is InChI=1S/C30H21F2N5O/c1-33-25-15-37-27(22(16-38)29(35-37)17-5-8-19(31)9-6-17)14-21(25)24-10-7-18-11-12-36-26-4-2-3-23(32)20(26)13-28(36)30(18)34-24/h2-10,13-16,33H,11-12H2,1H3. The van der Waals surface area contributed by atoms with Gasteiger partial charge in [-0.15, -0.1) is 0 Å². The van der Waals surface area contributed by atoms with E-state index < -0.39 is 0 Å². The van der Waals surface area contributed by atoms with Gasteiger partial charge in [-0.2, -0.15) is 5.10 Å². The van der Waals surface area contributed by atoms with Gasteiger partial charge in [-0.1, -0.05) is 12.1 Å². The molecule has 0 saturated heterocycles. The fraction of sp³-hybridized carbons (Fsp3) is 0.100. The van der Waals surface area contributed by atoms with Crippen molar-refractivity contribution in [2.45, 2.75) is 13.0 Å². The molecule has 1 aliphatic heterocycles. The third-order valence-electron chi connectivity index (χ3n) is 7.31. The predicted molar refractivity (Wildman–Crippen MR) is 143 cm³/mol. The fourth-order valence-electron chi connectivity index (χ4n) is 5.44. The Morgan fingerprint density at radius 3 is 2.61 bits per heavy atom. The first kappa shape index (κ1) is 22.4. The van der Waals surface area contributed by atoms with Crippen molar-refractivity contribution >= 4 is 28.4 Å². The molecule has 5 heterocycles. The van der Waals surface area contributed by atoms with E-state index in [4.69, 9.17) is 4.98 Å². The van der Waals surface area contributed by atoms with Crippen LogP contribution in [0.15, 0.2) is 72.9 Å². The van der Waals surface area contributed by atoms with E-state index in [0.717, 1.165) is 58.7 Å². The molecule has 0 atom stereocenters. The summed E-state index contributed by atoms with van der Waals surface area (Å²) < 4.78 is 31.8. The van der Waals surface area contributed by atoms with E-state index in [0.29, 0.717) is 27.7 Å². The van der Waals surface area contributed by atoms with E-state index >= 15 is 0 Å². The number of nitrogens with one attached hydrogen (secondary N) is 1. The van der Waals surface area contributed by atoms with Crippen LogP contribution in [0.25, 0.3) is 50.3 Å². The van der Waals surface area contributed by atoms with E-state index in [2.05, 4.69) is 21.0 Å². The molecule has 1 N–H and O–H groups in total. The van der Waals surface area contributed by atoms with Gasteiger partial charge in [0.15, 0.2) is 6.29 Å². The quantitative estimate of drug-likeness (QED) is 0.283. The van der Waals surface area contributed by atoms with E-state index in [9.17, 15) is 13.6 Å². The maximum absolute atomic E-state index is 14.6. The number of hydrogen-bond donors (Lipinski definition) is 1. The monoisotopic (exact) mass is 505 g/mol. The number of benzene rings is 2. The number of fused-ring (bicyclic) bond motifs is 6. The highest BCUT2D eigenvalue weighted by molar-refractivity contribution is 5.97. The summed E-state index contributed by atoms with van der Waals surface area (Å²) in [7, 11) is 1.81. The third kappa shape index (κ3) is 3.26. The van der Waals surface area contributed by atoms with E-state index in [1.54, 1.807) is 22.7 Å². The van der Waals surface area contributed by atoms with Crippen molar-refractivity contribution in [1.29, 1.82) is 0 Å². The molecule has 0 saturated carbocycles. The topological polar surface area (TPSA) is 64.2 Å². The molecule has 1 aliphatic rings. The summed E-state index contributed by atoms with van der Waals surface area (Å²) in [5.74, 6) is -0.603. The van der Waals surface area contributed by atoms with Crippen molar-refractivity contribution in [2.75, 3.05) is 12.4 Å². The number of anilines is 1.